The van der Waals surface area contributed by atoms with Crippen molar-refractivity contribution >= 4 is 11.5 Å². The average molecular weight is 217 g/mol. The van der Waals surface area contributed by atoms with Crippen LogP contribution in [0.4, 0.5) is 0 Å². The number of aryl methyl sites for hydroxylation is 1. The van der Waals surface area contributed by atoms with Crippen molar-refractivity contribution < 1.29 is 10.2 Å². The number of nitrogens with zero attached hydrogens (tertiary/aromatic N) is 3. The summed E-state index contributed by atoms with van der Waals surface area (Å²) in [5.74, 6) is 0. The van der Waals surface area contributed by atoms with Crippen molar-refractivity contribution in [2.24, 2.45) is 0 Å². The number of likely N-dealkylation sites (N-methyl/N-ethyl adjacent to an activating group) is 1. The molecular formula is C8H15N3O2S. The molecule has 0 saturated heterocycles. The van der Waals surface area contributed by atoms with Gasteiger partial charge in [-0.3, -0.25) is 4.90 Å². The van der Waals surface area contributed by atoms with Gasteiger partial charge in [-0.15, -0.1) is 5.10 Å². The van der Waals surface area contributed by atoms with E-state index < -0.39 is 6.10 Å². The fourth-order valence-corrected chi connectivity index (χ4v) is 1.84. The van der Waals surface area contributed by atoms with E-state index in [4.69, 9.17) is 5.11 Å². The zero-order valence-corrected chi connectivity index (χ0v) is 9.16. The zero-order chi connectivity index (χ0) is 10.6. The third-order valence-corrected chi connectivity index (χ3v) is 2.70. The number of rotatable bonds is 5. The van der Waals surface area contributed by atoms with Gasteiger partial charge in [-0.1, -0.05) is 4.49 Å². The van der Waals surface area contributed by atoms with Crippen LogP contribution >= 0.6 is 11.5 Å². The second kappa shape index (κ2) is 5.35. The molecule has 0 saturated carbocycles. The molecule has 0 aliphatic rings. The fourth-order valence-electron chi connectivity index (χ4n) is 1.12. The summed E-state index contributed by atoms with van der Waals surface area (Å²) in [5, 5.41) is 21.8. The lowest BCUT2D eigenvalue weighted by Gasteiger charge is -2.18. The summed E-state index contributed by atoms with van der Waals surface area (Å²) in [4.78, 5) is 3.03. The van der Waals surface area contributed by atoms with Gasteiger partial charge in [0, 0.05) is 13.1 Å². The van der Waals surface area contributed by atoms with Gasteiger partial charge in [0.1, 0.15) is 0 Å². The van der Waals surface area contributed by atoms with Crippen molar-refractivity contribution in [3.63, 3.8) is 0 Å². The summed E-state index contributed by atoms with van der Waals surface area (Å²) in [5.41, 5.74) is 0.931. The summed E-state index contributed by atoms with van der Waals surface area (Å²) in [6.45, 7) is 2.87. The molecule has 0 fully saturated rings. The summed E-state index contributed by atoms with van der Waals surface area (Å²) >= 11 is 1.37. The minimum absolute atomic E-state index is 0.204. The van der Waals surface area contributed by atoms with Gasteiger partial charge in [0.15, 0.2) is 0 Å². The van der Waals surface area contributed by atoms with Gasteiger partial charge in [-0.2, -0.15) is 0 Å². The molecule has 1 atom stereocenters. The summed E-state index contributed by atoms with van der Waals surface area (Å²) in [7, 11) is 1.89. The van der Waals surface area contributed by atoms with Crippen molar-refractivity contribution in [3.05, 3.63) is 10.6 Å². The Labute approximate surface area is 87.2 Å². The van der Waals surface area contributed by atoms with Gasteiger partial charge in [0.05, 0.1) is 23.3 Å². The number of hydrogen-bond donors (Lipinski definition) is 2. The van der Waals surface area contributed by atoms with Crippen LogP contribution in [0.25, 0.3) is 0 Å². The molecule has 0 aliphatic heterocycles. The lowest BCUT2D eigenvalue weighted by atomic mass is 10.3. The smallest absolute Gasteiger partial charge is 0.0897 e. The van der Waals surface area contributed by atoms with Gasteiger partial charge in [-0.25, -0.2) is 0 Å². The molecule has 1 heterocycles. The molecule has 0 amide bonds. The second-order valence-electron chi connectivity index (χ2n) is 3.31. The van der Waals surface area contributed by atoms with E-state index in [0.717, 1.165) is 10.6 Å². The molecule has 0 aromatic carbocycles. The van der Waals surface area contributed by atoms with Crippen molar-refractivity contribution in [1.29, 1.82) is 0 Å². The first kappa shape index (κ1) is 11.5. The van der Waals surface area contributed by atoms with Crippen LogP contribution in [0, 0.1) is 6.92 Å². The highest BCUT2D eigenvalue weighted by atomic mass is 32.1. The van der Waals surface area contributed by atoms with Crippen molar-refractivity contribution in [2.75, 3.05) is 20.2 Å². The molecule has 0 radical (unpaired) electrons. The van der Waals surface area contributed by atoms with E-state index in [1.807, 2.05) is 18.9 Å². The fraction of sp³-hybridized carbons (Fsp3) is 0.750. The minimum atomic E-state index is -0.679. The third kappa shape index (κ3) is 3.30. The van der Waals surface area contributed by atoms with Crippen LogP contribution in [0.3, 0.4) is 0 Å². The van der Waals surface area contributed by atoms with E-state index in [2.05, 4.69) is 9.59 Å². The average Bonchev–Trinajstić information content (AvgIpc) is 2.51. The van der Waals surface area contributed by atoms with Crippen LogP contribution in [0.5, 0.6) is 0 Å². The van der Waals surface area contributed by atoms with Gasteiger partial charge >= 0.3 is 0 Å². The molecule has 0 bridgehead atoms. The predicted octanol–water partition coefficient (Wildman–Crippen LogP) is -0.368. The topological polar surface area (TPSA) is 69.5 Å². The number of aliphatic hydroxyl groups excluding tert-OH is 2. The maximum absolute atomic E-state index is 9.21. The van der Waals surface area contributed by atoms with Crippen LogP contribution in [0.1, 0.15) is 10.6 Å². The third-order valence-electron chi connectivity index (χ3n) is 1.89. The molecule has 5 nitrogen and oxygen atoms in total. The molecule has 2 N–H and O–H groups in total. The zero-order valence-electron chi connectivity index (χ0n) is 8.34. The molecule has 14 heavy (non-hydrogen) atoms. The predicted molar refractivity (Wildman–Crippen MR) is 54.1 cm³/mol. The van der Waals surface area contributed by atoms with E-state index in [1.54, 1.807) is 0 Å². The molecule has 0 spiro atoms. The summed E-state index contributed by atoms with van der Waals surface area (Å²) in [6, 6.07) is 0. The maximum atomic E-state index is 9.21. The van der Waals surface area contributed by atoms with Gasteiger partial charge in [-0.05, 0) is 25.5 Å². The Morgan fingerprint density at radius 3 is 2.79 bits per heavy atom. The SMILES string of the molecule is Cc1nnsc1CN(C)C[C@@H](O)CO. The first-order chi connectivity index (χ1) is 6.63. The van der Waals surface area contributed by atoms with E-state index in [1.165, 1.54) is 11.5 Å². The van der Waals surface area contributed by atoms with E-state index in [9.17, 15) is 5.11 Å². The highest BCUT2D eigenvalue weighted by Crippen LogP contribution is 2.11. The largest absolute Gasteiger partial charge is 0.394 e. The molecule has 0 unspecified atom stereocenters. The highest BCUT2D eigenvalue weighted by molar-refractivity contribution is 7.05. The monoisotopic (exact) mass is 217 g/mol. The van der Waals surface area contributed by atoms with E-state index >= 15 is 0 Å². The second-order valence-corrected chi connectivity index (χ2v) is 4.15. The van der Waals surface area contributed by atoms with Crippen molar-refractivity contribution in [1.82, 2.24) is 14.5 Å². The van der Waals surface area contributed by atoms with Gasteiger partial charge in [0.25, 0.3) is 0 Å². The first-order valence-electron chi connectivity index (χ1n) is 4.38. The van der Waals surface area contributed by atoms with E-state index in [0.29, 0.717) is 13.1 Å². The lowest BCUT2D eigenvalue weighted by Crippen LogP contribution is -2.30. The normalized spacial score (nSPS) is 13.5. The van der Waals surface area contributed by atoms with Crippen LogP contribution in [0.2, 0.25) is 0 Å². The Bertz CT molecular complexity index is 279. The van der Waals surface area contributed by atoms with Crippen molar-refractivity contribution in [3.8, 4) is 0 Å². The lowest BCUT2D eigenvalue weighted by molar-refractivity contribution is 0.0650. The minimum Gasteiger partial charge on any atom is -0.394 e. The Hall–Kier alpha value is -0.560. The highest BCUT2D eigenvalue weighted by Gasteiger charge is 2.10. The molecular weight excluding hydrogens is 202 g/mol. The molecule has 0 aliphatic carbocycles. The van der Waals surface area contributed by atoms with Crippen LogP contribution in [-0.4, -0.2) is 51.0 Å². The molecule has 1 rings (SSSR count). The summed E-state index contributed by atoms with van der Waals surface area (Å²) < 4.78 is 3.83. The quantitative estimate of drug-likeness (QED) is 0.704. The molecule has 1 aromatic heterocycles. The Kier molecular flexibility index (Phi) is 4.40. The maximum Gasteiger partial charge on any atom is 0.0897 e. The number of hydrogen-bond acceptors (Lipinski definition) is 6. The Morgan fingerprint density at radius 2 is 2.29 bits per heavy atom. The van der Waals surface area contributed by atoms with E-state index in [-0.39, 0.29) is 6.61 Å². The Morgan fingerprint density at radius 1 is 1.57 bits per heavy atom. The van der Waals surface area contributed by atoms with Crippen molar-refractivity contribution in [2.45, 2.75) is 19.6 Å². The molecule has 80 valence electrons. The van der Waals surface area contributed by atoms with Gasteiger partial charge in [0.2, 0.25) is 0 Å². The number of aliphatic hydroxyl groups is 2. The van der Waals surface area contributed by atoms with Crippen LogP contribution in [0.15, 0.2) is 0 Å². The number of aromatic nitrogens is 2. The van der Waals surface area contributed by atoms with Crippen LogP contribution in [-0.2, 0) is 6.54 Å². The van der Waals surface area contributed by atoms with Crippen LogP contribution < -0.4 is 0 Å². The Balaban J connectivity index is 2.41. The standard InChI is InChI=1S/C8H15N3O2S/c1-6-8(14-10-9-6)4-11(2)3-7(13)5-12/h7,12-13H,3-5H2,1-2H3/t7-/m1/s1. The van der Waals surface area contributed by atoms with Gasteiger partial charge < -0.3 is 10.2 Å². The summed E-state index contributed by atoms with van der Waals surface area (Å²) in [6.07, 6.45) is -0.679. The molecule has 6 heteroatoms. The first-order valence-corrected chi connectivity index (χ1v) is 5.16. The molecule has 1 aromatic rings.